The van der Waals surface area contributed by atoms with Gasteiger partial charge in [-0.05, 0) is 37.3 Å². The normalized spacial score (nSPS) is 11.3. The van der Waals surface area contributed by atoms with Crippen molar-refractivity contribution in [3.8, 4) is 0 Å². The van der Waals surface area contributed by atoms with Gasteiger partial charge in [0.15, 0.2) is 0 Å². The molecule has 8 heteroatoms. The first kappa shape index (κ1) is 17.9. The fourth-order valence-electron chi connectivity index (χ4n) is 2.82. The summed E-state index contributed by atoms with van der Waals surface area (Å²) in [6, 6.07) is 14.9. The number of nitrogens with one attached hydrogen (secondary N) is 2. The van der Waals surface area contributed by atoms with Crippen molar-refractivity contribution in [1.82, 2.24) is 20.0 Å². The van der Waals surface area contributed by atoms with E-state index in [9.17, 15) is 9.59 Å². The number of rotatable bonds is 5. The molecular weight excluding hydrogens is 374 g/mol. The molecule has 0 spiro atoms. The van der Waals surface area contributed by atoms with Gasteiger partial charge >= 0.3 is 0 Å². The average molecular weight is 391 g/mol. The zero-order chi connectivity index (χ0) is 19.5. The fraction of sp³-hybridized carbons (Fsp3) is 0.100. The SMILES string of the molecule is CCn1c(NNC(=O)/C=C/c2nc3ccccc3s2)nc2ccccc2c1=O. The second-order valence-corrected chi connectivity index (χ2v) is 7.03. The van der Waals surface area contributed by atoms with Gasteiger partial charge in [-0.2, -0.15) is 0 Å². The number of hydrogen-bond donors (Lipinski definition) is 2. The third-order valence-corrected chi connectivity index (χ3v) is 5.16. The number of aromatic nitrogens is 3. The number of thiazole rings is 1. The van der Waals surface area contributed by atoms with E-state index in [-0.39, 0.29) is 17.4 Å². The maximum Gasteiger partial charge on any atom is 0.262 e. The summed E-state index contributed by atoms with van der Waals surface area (Å²) in [5.41, 5.74) is 6.60. The highest BCUT2D eigenvalue weighted by atomic mass is 32.1. The zero-order valence-corrected chi connectivity index (χ0v) is 15.9. The topological polar surface area (TPSA) is 88.9 Å². The lowest BCUT2D eigenvalue weighted by molar-refractivity contribution is -0.116. The summed E-state index contributed by atoms with van der Waals surface area (Å²) in [5, 5.41) is 1.28. The van der Waals surface area contributed by atoms with Crippen LogP contribution >= 0.6 is 11.3 Å². The van der Waals surface area contributed by atoms with Gasteiger partial charge in [-0.1, -0.05) is 24.3 Å². The number of fused-ring (bicyclic) bond motifs is 2. The van der Waals surface area contributed by atoms with E-state index < -0.39 is 0 Å². The molecule has 0 aliphatic carbocycles. The number of hydrogen-bond acceptors (Lipinski definition) is 6. The Kier molecular flexibility index (Phi) is 4.86. The van der Waals surface area contributed by atoms with Gasteiger partial charge in [-0.25, -0.2) is 9.97 Å². The molecule has 28 heavy (non-hydrogen) atoms. The molecule has 0 atom stereocenters. The van der Waals surface area contributed by atoms with Crippen molar-refractivity contribution in [2.75, 3.05) is 5.43 Å². The number of amides is 1. The number of para-hydroxylation sites is 2. The molecule has 1 amide bonds. The van der Waals surface area contributed by atoms with E-state index in [2.05, 4.69) is 20.8 Å². The van der Waals surface area contributed by atoms with Gasteiger partial charge in [0.1, 0.15) is 5.01 Å². The molecule has 2 N–H and O–H groups in total. The van der Waals surface area contributed by atoms with E-state index in [1.54, 1.807) is 24.3 Å². The standard InChI is InChI=1S/C20H17N5O2S/c1-2-25-19(27)13-7-3-4-8-14(13)22-20(25)24-23-17(26)11-12-18-21-15-9-5-6-10-16(15)28-18/h3-12H,2H2,1H3,(H,22,24)(H,23,26)/b12-11+. The third-order valence-electron chi connectivity index (χ3n) is 4.16. The first-order valence-corrected chi connectivity index (χ1v) is 9.56. The van der Waals surface area contributed by atoms with Gasteiger partial charge in [-0.15, -0.1) is 11.3 Å². The lowest BCUT2D eigenvalue weighted by Crippen LogP contribution is -2.33. The van der Waals surface area contributed by atoms with Crippen LogP contribution in [0.3, 0.4) is 0 Å². The van der Waals surface area contributed by atoms with Crippen molar-refractivity contribution in [2.24, 2.45) is 0 Å². The van der Waals surface area contributed by atoms with Crippen LogP contribution in [-0.4, -0.2) is 20.4 Å². The predicted molar refractivity (Wildman–Crippen MR) is 112 cm³/mol. The number of hydrazine groups is 1. The highest BCUT2D eigenvalue weighted by Crippen LogP contribution is 2.22. The average Bonchev–Trinajstić information content (AvgIpc) is 3.14. The Labute approximate surface area is 164 Å². The quantitative estimate of drug-likeness (QED) is 0.403. The molecule has 0 saturated heterocycles. The van der Waals surface area contributed by atoms with Gasteiger partial charge in [0, 0.05) is 12.6 Å². The van der Waals surface area contributed by atoms with Crippen LogP contribution in [0.25, 0.3) is 27.2 Å². The molecule has 4 aromatic rings. The van der Waals surface area contributed by atoms with E-state index in [1.807, 2.05) is 37.3 Å². The molecule has 0 fully saturated rings. The number of carbonyl (C=O) groups excluding carboxylic acids is 1. The molecule has 7 nitrogen and oxygen atoms in total. The van der Waals surface area contributed by atoms with Crippen LogP contribution in [0.1, 0.15) is 11.9 Å². The predicted octanol–water partition coefficient (Wildman–Crippen LogP) is 3.18. The summed E-state index contributed by atoms with van der Waals surface area (Å²) in [6.45, 7) is 2.27. The Morgan fingerprint density at radius 1 is 1.11 bits per heavy atom. The number of anilines is 1. The van der Waals surface area contributed by atoms with E-state index in [0.717, 1.165) is 15.2 Å². The molecule has 2 aromatic heterocycles. The first-order chi connectivity index (χ1) is 13.7. The van der Waals surface area contributed by atoms with Crippen molar-refractivity contribution in [3.05, 3.63) is 70.0 Å². The molecule has 0 aliphatic rings. The highest BCUT2D eigenvalue weighted by Gasteiger charge is 2.09. The smallest absolute Gasteiger partial charge is 0.262 e. The van der Waals surface area contributed by atoms with Crippen molar-refractivity contribution in [3.63, 3.8) is 0 Å². The number of carbonyl (C=O) groups is 1. The lowest BCUT2D eigenvalue weighted by Gasteiger charge is -2.13. The molecule has 0 saturated carbocycles. The molecule has 0 radical (unpaired) electrons. The molecule has 0 aliphatic heterocycles. The Morgan fingerprint density at radius 3 is 2.64 bits per heavy atom. The Bertz CT molecular complexity index is 1230. The maximum atomic E-state index is 12.6. The van der Waals surface area contributed by atoms with Gasteiger partial charge in [-0.3, -0.25) is 25.0 Å². The minimum absolute atomic E-state index is 0.158. The van der Waals surface area contributed by atoms with E-state index in [1.165, 1.54) is 22.0 Å². The molecule has 4 rings (SSSR count). The Hall–Kier alpha value is -3.52. The van der Waals surface area contributed by atoms with Crippen LogP contribution in [0.5, 0.6) is 0 Å². The van der Waals surface area contributed by atoms with Crippen LogP contribution < -0.4 is 16.4 Å². The van der Waals surface area contributed by atoms with Crippen molar-refractivity contribution in [2.45, 2.75) is 13.5 Å². The molecule has 0 bridgehead atoms. The van der Waals surface area contributed by atoms with Gasteiger partial charge in [0.25, 0.3) is 11.5 Å². The minimum atomic E-state index is -0.371. The lowest BCUT2D eigenvalue weighted by atomic mass is 10.2. The van der Waals surface area contributed by atoms with Crippen molar-refractivity contribution >= 4 is 50.4 Å². The monoisotopic (exact) mass is 391 g/mol. The summed E-state index contributed by atoms with van der Waals surface area (Å²) in [5.74, 6) is -0.0859. The molecule has 2 aromatic carbocycles. The molecular formula is C20H17N5O2S. The summed E-state index contributed by atoms with van der Waals surface area (Å²) in [7, 11) is 0. The zero-order valence-electron chi connectivity index (χ0n) is 15.0. The minimum Gasteiger partial charge on any atom is -0.277 e. The number of nitrogens with zero attached hydrogens (tertiary/aromatic N) is 3. The van der Waals surface area contributed by atoms with Crippen LogP contribution in [0.4, 0.5) is 5.95 Å². The van der Waals surface area contributed by atoms with Crippen LogP contribution in [0.2, 0.25) is 0 Å². The summed E-state index contributed by atoms with van der Waals surface area (Å²) in [6.07, 6.45) is 3.04. The summed E-state index contributed by atoms with van der Waals surface area (Å²) < 4.78 is 2.54. The first-order valence-electron chi connectivity index (χ1n) is 8.75. The largest absolute Gasteiger partial charge is 0.277 e. The maximum absolute atomic E-state index is 12.6. The summed E-state index contributed by atoms with van der Waals surface area (Å²) >= 11 is 1.51. The van der Waals surface area contributed by atoms with Crippen molar-refractivity contribution in [1.29, 1.82) is 0 Å². The Morgan fingerprint density at radius 2 is 1.86 bits per heavy atom. The van der Waals surface area contributed by atoms with Gasteiger partial charge < -0.3 is 0 Å². The molecule has 2 heterocycles. The fourth-order valence-corrected chi connectivity index (χ4v) is 3.69. The molecule has 140 valence electrons. The van der Waals surface area contributed by atoms with Crippen LogP contribution in [-0.2, 0) is 11.3 Å². The van der Waals surface area contributed by atoms with E-state index >= 15 is 0 Å². The highest BCUT2D eigenvalue weighted by molar-refractivity contribution is 7.19. The van der Waals surface area contributed by atoms with Gasteiger partial charge in [0.2, 0.25) is 5.95 Å². The third kappa shape index (κ3) is 3.49. The van der Waals surface area contributed by atoms with Crippen LogP contribution in [0, 0.1) is 0 Å². The van der Waals surface area contributed by atoms with Crippen molar-refractivity contribution < 1.29 is 4.79 Å². The molecule has 0 unspecified atom stereocenters. The van der Waals surface area contributed by atoms with E-state index in [4.69, 9.17) is 0 Å². The second kappa shape index (κ2) is 7.61. The second-order valence-electron chi connectivity index (χ2n) is 5.97. The Balaban J connectivity index is 1.50. The van der Waals surface area contributed by atoms with Crippen LogP contribution in [0.15, 0.2) is 59.4 Å². The summed E-state index contributed by atoms with van der Waals surface area (Å²) in [4.78, 5) is 33.6. The van der Waals surface area contributed by atoms with E-state index in [0.29, 0.717) is 17.4 Å². The number of benzene rings is 2. The van der Waals surface area contributed by atoms with Gasteiger partial charge in [0.05, 0.1) is 21.1 Å².